The summed E-state index contributed by atoms with van der Waals surface area (Å²) < 4.78 is 5.99. The minimum atomic E-state index is 0.384. The van der Waals surface area contributed by atoms with Crippen LogP contribution in [0.2, 0.25) is 5.02 Å². The number of halogens is 1. The molecular weight excluding hydrogens is 272 g/mol. The molecule has 0 fully saturated rings. The highest BCUT2D eigenvalue weighted by molar-refractivity contribution is 6.35. The molecule has 4 heteroatoms. The summed E-state index contributed by atoms with van der Waals surface area (Å²) in [5.41, 5.74) is 6.57. The fourth-order valence-corrected chi connectivity index (χ4v) is 2.34. The quantitative estimate of drug-likeness (QED) is 0.786. The van der Waals surface area contributed by atoms with Gasteiger partial charge in [-0.2, -0.15) is 0 Å². The molecule has 0 bridgehead atoms. The first-order valence-electron chi connectivity index (χ1n) is 6.27. The van der Waals surface area contributed by atoms with Gasteiger partial charge in [-0.15, -0.1) is 0 Å². The zero-order valence-corrected chi connectivity index (χ0v) is 11.5. The Morgan fingerprint density at radius 3 is 2.60 bits per heavy atom. The van der Waals surface area contributed by atoms with Crippen molar-refractivity contribution in [2.24, 2.45) is 5.73 Å². The lowest BCUT2D eigenvalue weighted by molar-refractivity contribution is 0.481. The molecule has 3 nitrogen and oxygen atoms in total. The lowest BCUT2D eigenvalue weighted by atomic mass is 10.1. The van der Waals surface area contributed by atoms with Crippen LogP contribution in [0.15, 0.2) is 54.9 Å². The van der Waals surface area contributed by atoms with E-state index in [0.29, 0.717) is 11.6 Å². The normalized spacial score (nSPS) is 10.7. The standard InChI is InChI=1S/C16H13ClN2O/c17-14-5-6-16(13-4-2-1-3-12(13)14)20-15-7-8-19-10-11(15)9-18/h1-8,10H,9,18H2. The Hall–Kier alpha value is -2.10. The van der Waals surface area contributed by atoms with E-state index >= 15 is 0 Å². The maximum absolute atomic E-state index is 6.20. The van der Waals surface area contributed by atoms with E-state index in [2.05, 4.69) is 4.98 Å². The predicted molar refractivity (Wildman–Crippen MR) is 81.2 cm³/mol. The Morgan fingerprint density at radius 2 is 1.80 bits per heavy atom. The van der Waals surface area contributed by atoms with Gasteiger partial charge in [0, 0.05) is 40.3 Å². The second kappa shape index (κ2) is 5.49. The SMILES string of the molecule is NCc1cnccc1Oc1ccc(Cl)c2ccccc12. The summed E-state index contributed by atoms with van der Waals surface area (Å²) in [6.45, 7) is 0.384. The monoisotopic (exact) mass is 284 g/mol. The van der Waals surface area contributed by atoms with E-state index in [1.54, 1.807) is 12.4 Å². The first-order valence-corrected chi connectivity index (χ1v) is 6.65. The van der Waals surface area contributed by atoms with Gasteiger partial charge in [-0.3, -0.25) is 4.98 Å². The Kier molecular flexibility index (Phi) is 3.54. The molecule has 0 unspecified atom stereocenters. The molecule has 2 N–H and O–H groups in total. The molecule has 1 heterocycles. The fraction of sp³-hybridized carbons (Fsp3) is 0.0625. The van der Waals surface area contributed by atoms with Crippen LogP contribution in [-0.4, -0.2) is 4.98 Å². The van der Waals surface area contributed by atoms with Crippen LogP contribution in [0.4, 0.5) is 0 Å². The average molecular weight is 285 g/mol. The largest absolute Gasteiger partial charge is 0.456 e. The maximum atomic E-state index is 6.20. The summed E-state index contributed by atoms with van der Waals surface area (Å²) in [5, 5.41) is 2.65. The van der Waals surface area contributed by atoms with Crippen LogP contribution in [-0.2, 0) is 6.54 Å². The van der Waals surface area contributed by atoms with E-state index in [1.165, 1.54) is 0 Å². The number of nitrogens with two attached hydrogens (primary N) is 1. The zero-order chi connectivity index (χ0) is 13.9. The van der Waals surface area contributed by atoms with Gasteiger partial charge in [0.1, 0.15) is 11.5 Å². The molecule has 3 aromatic rings. The second-order valence-electron chi connectivity index (χ2n) is 4.38. The molecule has 1 aromatic heterocycles. The molecule has 0 aliphatic rings. The van der Waals surface area contributed by atoms with Crippen LogP contribution in [0, 0.1) is 0 Å². The summed E-state index contributed by atoms with van der Waals surface area (Å²) in [6.07, 6.45) is 3.40. The van der Waals surface area contributed by atoms with Crippen molar-refractivity contribution in [2.75, 3.05) is 0 Å². The number of fused-ring (bicyclic) bond motifs is 1. The van der Waals surface area contributed by atoms with Gasteiger partial charge < -0.3 is 10.5 Å². The van der Waals surface area contributed by atoms with Crippen molar-refractivity contribution in [3.05, 3.63) is 65.4 Å². The molecule has 0 atom stereocenters. The molecule has 20 heavy (non-hydrogen) atoms. The number of aromatic nitrogens is 1. The van der Waals surface area contributed by atoms with Crippen molar-refractivity contribution >= 4 is 22.4 Å². The molecule has 0 amide bonds. The Labute approximate surface area is 122 Å². The topological polar surface area (TPSA) is 48.1 Å². The number of nitrogens with zero attached hydrogens (tertiary/aromatic N) is 1. The summed E-state index contributed by atoms with van der Waals surface area (Å²) >= 11 is 6.20. The van der Waals surface area contributed by atoms with E-state index < -0.39 is 0 Å². The van der Waals surface area contributed by atoms with E-state index in [0.717, 1.165) is 27.8 Å². The molecule has 0 saturated carbocycles. The minimum absolute atomic E-state index is 0.384. The lowest BCUT2D eigenvalue weighted by Gasteiger charge is -2.12. The Balaban J connectivity index is 2.09. The smallest absolute Gasteiger partial charge is 0.135 e. The first-order chi connectivity index (χ1) is 9.79. The summed E-state index contributed by atoms with van der Waals surface area (Å²) in [7, 11) is 0. The molecule has 0 aliphatic heterocycles. The van der Waals surface area contributed by atoms with Crippen molar-refractivity contribution in [3.8, 4) is 11.5 Å². The minimum Gasteiger partial charge on any atom is -0.456 e. The highest BCUT2D eigenvalue weighted by Crippen LogP contribution is 2.34. The van der Waals surface area contributed by atoms with Crippen LogP contribution < -0.4 is 10.5 Å². The molecule has 0 radical (unpaired) electrons. The molecule has 2 aromatic carbocycles. The number of benzene rings is 2. The summed E-state index contributed by atoms with van der Waals surface area (Å²) in [5.74, 6) is 1.47. The summed E-state index contributed by atoms with van der Waals surface area (Å²) in [6, 6.07) is 13.4. The van der Waals surface area contributed by atoms with Crippen LogP contribution in [0.3, 0.4) is 0 Å². The van der Waals surface area contributed by atoms with Gasteiger partial charge in [0.15, 0.2) is 0 Å². The van der Waals surface area contributed by atoms with Gasteiger partial charge in [0.2, 0.25) is 0 Å². The van der Waals surface area contributed by atoms with Crippen molar-refractivity contribution in [1.82, 2.24) is 4.98 Å². The Morgan fingerprint density at radius 1 is 1.00 bits per heavy atom. The third-order valence-electron chi connectivity index (χ3n) is 3.13. The molecular formula is C16H13ClN2O. The maximum Gasteiger partial charge on any atom is 0.135 e. The van der Waals surface area contributed by atoms with E-state index in [1.807, 2.05) is 42.5 Å². The molecule has 0 aliphatic carbocycles. The molecule has 0 saturated heterocycles. The molecule has 0 spiro atoms. The number of hydrogen-bond acceptors (Lipinski definition) is 3. The van der Waals surface area contributed by atoms with Crippen molar-refractivity contribution in [3.63, 3.8) is 0 Å². The zero-order valence-electron chi connectivity index (χ0n) is 10.7. The Bertz CT molecular complexity index is 758. The van der Waals surface area contributed by atoms with Crippen LogP contribution in [0.25, 0.3) is 10.8 Å². The molecule has 100 valence electrons. The average Bonchev–Trinajstić information content (AvgIpc) is 2.51. The van der Waals surface area contributed by atoms with Gasteiger partial charge in [0.25, 0.3) is 0 Å². The highest BCUT2D eigenvalue weighted by Gasteiger charge is 2.08. The predicted octanol–water partition coefficient (Wildman–Crippen LogP) is 4.14. The highest BCUT2D eigenvalue weighted by atomic mass is 35.5. The fourth-order valence-electron chi connectivity index (χ4n) is 2.11. The van der Waals surface area contributed by atoms with Gasteiger partial charge in [-0.1, -0.05) is 35.9 Å². The van der Waals surface area contributed by atoms with Crippen molar-refractivity contribution < 1.29 is 4.74 Å². The van der Waals surface area contributed by atoms with Gasteiger partial charge in [-0.25, -0.2) is 0 Å². The van der Waals surface area contributed by atoms with E-state index in [9.17, 15) is 0 Å². The van der Waals surface area contributed by atoms with Gasteiger partial charge in [0.05, 0.1) is 0 Å². The number of hydrogen-bond donors (Lipinski definition) is 1. The van der Waals surface area contributed by atoms with Crippen LogP contribution >= 0.6 is 11.6 Å². The third kappa shape index (κ3) is 2.33. The first kappa shape index (κ1) is 12.9. The third-order valence-corrected chi connectivity index (χ3v) is 3.46. The second-order valence-corrected chi connectivity index (χ2v) is 4.79. The van der Waals surface area contributed by atoms with Crippen molar-refractivity contribution in [2.45, 2.75) is 6.54 Å². The number of pyridine rings is 1. The number of rotatable bonds is 3. The van der Waals surface area contributed by atoms with E-state index in [4.69, 9.17) is 22.1 Å². The number of ether oxygens (including phenoxy) is 1. The van der Waals surface area contributed by atoms with E-state index in [-0.39, 0.29) is 0 Å². The van der Waals surface area contributed by atoms with Gasteiger partial charge in [-0.05, 0) is 18.2 Å². The van der Waals surface area contributed by atoms with Gasteiger partial charge >= 0.3 is 0 Å². The molecule has 3 rings (SSSR count). The van der Waals surface area contributed by atoms with Crippen LogP contribution in [0.5, 0.6) is 11.5 Å². The summed E-state index contributed by atoms with van der Waals surface area (Å²) in [4.78, 5) is 4.05. The van der Waals surface area contributed by atoms with Crippen molar-refractivity contribution in [1.29, 1.82) is 0 Å². The van der Waals surface area contributed by atoms with Crippen LogP contribution in [0.1, 0.15) is 5.56 Å². The lowest BCUT2D eigenvalue weighted by Crippen LogP contribution is -2.00.